The molecule has 4 heteroatoms. The first-order valence-corrected chi connectivity index (χ1v) is 7.47. The highest BCUT2D eigenvalue weighted by molar-refractivity contribution is 5.78. The van der Waals surface area contributed by atoms with Crippen LogP contribution in [-0.2, 0) is 9.53 Å². The van der Waals surface area contributed by atoms with E-state index in [0.717, 1.165) is 45.2 Å². The standard InChI is InChI=1S/C15H30N2O2/c1-12(7-5-8-13(2)16)14(18)17-10-6-9-15(3,11-17)19-4/h12-13H,5-11,16H2,1-4H3. The van der Waals surface area contributed by atoms with Gasteiger partial charge in [-0.25, -0.2) is 0 Å². The lowest BCUT2D eigenvalue weighted by molar-refractivity contribution is -0.143. The van der Waals surface area contributed by atoms with E-state index in [2.05, 4.69) is 6.92 Å². The molecule has 1 heterocycles. The highest BCUT2D eigenvalue weighted by atomic mass is 16.5. The van der Waals surface area contributed by atoms with Gasteiger partial charge < -0.3 is 15.4 Å². The third-order valence-electron chi connectivity index (χ3n) is 4.18. The second kappa shape index (κ2) is 7.25. The summed E-state index contributed by atoms with van der Waals surface area (Å²) in [5.41, 5.74) is 5.57. The number of methoxy groups -OCH3 is 1. The van der Waals surface area contributed by atoms with Gasteiger partial charge in [-0.3, -0.25) is 4.79 Å². The molecule has 1 aliphatic heterocycles. The number of likely N-dealkylation sites (tertiary alicyclic amines) is 1. The van der Waals surface area contributed by atoms with E-state index < -0.39 is 0 Å². The van der Waals surface area contributed by atoms with Gasteiger partial charge in [0.05, 0.1) is 5.60 Å². The van der Waals surface area contributed by atoms with E-state index in [9.17, 15) is 4.79 Å². The average Bonchev–Trinajstić information content (AvgIpc) is 2.37. The molecule has 1 aliphatic rings. The molecule has 4 nitrogen and oxygen atoms in total. The molecule has 2 N–H and O–H groups in total. The van der Waals surface area contributed by atoms with E-state index in [1.54, 1.807) is 7.11 Å². The van der Waals surface area contributed by atoms with Gasteiger partial charge in [-0.1, -0.05) is 13.3 Å². The number of nitrogens with two attached hydrogens (primary N) is 1. The van der Waals surface area contributed by atoms with E-state index >= 15 is 0 Å². The normalized spacial score (nSPS) is 27.1. The van der Waals surface area contributed by atoms with Gasteiger partial charge in [0, 0.05) is 32.2 Å². The summed E-state index contributed by atoms with van der Waals surface area (Å²) < 4.78 is 5.54. The van der Waals surface area contributed by atoms with Gasteiger partial charge in [0.25, 0.3) is 0 Å². The summed E-state index contributed by atoms with van der Waals surface area (Å²) in [4.78, 5) is 14.4. The fourth-order valence-corrected chi connectivity index (χ4v) is 2.74. The number of carbonyl (C=O) groups excluding carboxylic acids is 1. The molecule has 0 aliphatic carbocycles. The van der Waals surface area contributed by atoms with Crippen molar-refractivity contribution in [3.05, 3.63) is 0 Å². The summed E-state index contributed by atoms with van der Waals surface area (Å²) in [6, 6.07) is 0.231. The third-order valence-corrected chi connectivity index (χ3v) is 4.18. The number of nitrogens with zero attached hydrogens (tertiary/aromatic N) is 1. The SMILES string of the molecule is COC1(C)CCCN(C(=O)C(C)CCCC(C)N)C1. The molecule has 1 amide bonds. The van der Waals surface area contributed by atoms with Crippen LogP contribution in [0.25, 0.3) is 0 Å². The van der Waals surface area contributed by atoms with Gasteiger partial charge in [-0.05, 0) is 39.5 Å². The Kier molecular flexibility index (Phi) is 6.27. The topological polar surface area (TPSA) is 55.6 Å². The molecule has 112 valence electrons. The molecule has 3 unspecified atom stereocenters. The number of amides is 1. The molecule has 0 bridgehead atoms. The number of hydrogen-bond donors (Lipinski definition) is 1. The highest BCUT2D eigenvalue weighted by Crippen LogP contribution is 2.25. The van der Waals surface area contributed by atoms with Gasteiger partial charge in [0.2, 0.25) is 5.91 Å². The minimum atomic E-state index is -0.167. The number of carbonyl (C=O) groups is 1. The Morgan fingerprint density at radius 1 is 1.42 bits per heavy atom. The van der Waals surface area contributed by atoms with Crippen molar-refractivity contribution in [3.63, 3.8) is 0 Å². The van der Waals surface area contributed by atoms with E-state index in [4.69, 9.17) is 10.5 Å². The zero-order valence-electron chi connectivity index (χ0n) is 12.9. The van der Waals surface area contributed by atoms with Gasteiger partial charge in [0.15, 0.2) is 0 Å². The maximum Gasteiger partial charge on any atom is 0.225 e. The molecule has 19 heavy (non-hydrogen) atoms. The van der Waals surface area contributed by atoms with Gasteiger partial charge in [-0.15, -0.1) is 0 Å². The Morgan fingerprint density at radius 3 is 2.68 bits per heavy atom. The number of piperidine rings is 1. The molecular weight excluding hydrogens is 240 g/mol. The minimum absolute atomic E-state index is 0.0953. The zero-order chi connectivity index (χ0) is 14.5. The Labute approximate surface area is 117 Å². The monoisotopic (exact) mass is 270 g/mol. The molecule has 1 fully saturated rings. The predicted molar refractivity (Wildman–Crippen MR) is 77.9 cm³/mol. The largest absolute Gasteiger partial charge is 0.377 e. The lowest BCUT2D eigenvalue weighted by Crippen LogP contribution is -2.50. The fourth-order valence-electron chi connectivity index (χ4n) is 2.74. The second-order valence-electron chi connectivity index (χ2n) is 6.33. The molecule has 0 saturated carbocycles. The van der Waals surface area contributed by atoms with Crippen molar-refractivity contribution in [1.29, 1.82) is 0 Å². The fraction of sp³-hybridized carbons (Fsp3) is 0.933. The lowest BCUT2D eigenvalue weighted by Gasteiger charge is -2.40. The first-order chi connectivity index (χ1) is 8.88. The van der Waals surface area contributed by atoms with E-state index in [1.165, 1.54) is 0 Å². The van der Waals surface area contributed by atoms with Crippen LogP contribution in [0, 0.1) is 5.92 Å². The van der Waals surface area contributed by atoms with Gasteiger partial charge in [0.1, 0.15) is 0 Å². The van der Waals surface area contributed by atoms with E-state index in [-0.39, 0.29) is 23.5 Å². The highest BCUT2D eigenvalue weighted by Gasteiger charge is 2.34. The van der Waals surface area contributed by atoms with Crippen LogP contribution in [0.1, 0.15) is 52.9 Å². The molecule has 0 spiro atoms. The summed E-state index contributed by atoms with van der Waals surface area (Å²) in [6.07, 6.45) is 5.02. The molecule has 1 rings (SSSR count). The first-order valence-electron chi connectivity index (χ1n) is 7.47. The van der Waals surface area contributed by atoms with E-state index in [1.807, 2.05) is 18.7 Å². The number of ether oxygens (including phenoxy) is 1. The second-order valence-corrected chi connectivity index (χ2v) is 6.33. The molecule has 0 aromatic heterocycles. The Morgan fingerprint density at radius 2 is 2.11 bits per heavy atom. The van der Waals surface area contributed by atoms with Crippen molar-refractivity contribution in [2.45, 2.75) is 64.5 Å². The Hall–Kier alpha value is -0.610. The van der Waals surface area contributed by atoms with Crippen molar-refractivity contribution in [1.82, 2.24) is 4.90 Å². The van der Waals surface area contributed by atoms with Crippen LogP contribution in [0.2, 0.25) is 0 Å². The van der Waals surface area contributed by atoms with Gasteiger partial charge in [-0.2, -0.15) is 0 Å². The van der Waals surface area contributed by atoms with Crippen LogP contribution in [0.15, 0.2) is 0 Å². The number of hydrogen-bond acceptors (Lipinski definition) is 3. The summed E-state index contributed by atoms with van der Waals surface area (Å²) in [5, 5.41) is 0. The van der Waals surface area contributed by atoms with Crippen LogP contribution in [0.5, 0.6) is 0 Å². The third kappa shape index (κ3) is 5.11. The molecule has 1 saturated heterocycles. The van der Waals surface area contributed by atoms with Crippen molar-refractivity contribution in [2.24, 2.45) is 11.7 Å². The summed E-state index contributed by atoms with van der Waals surface area (Å²) in [7, 11) is 1.74. The predicted octanol–water partition coefficient (Wildman–Crippen LogP) is 2.17. The van der Waals surface area contributed by atoms with Crippen LogP contribution in [-0.4, -0.2) is 42.6 Å². The van der Waals surface area contributed by atoms with Crippen molar-refractivity contribution >= 4 is 5.91 Å². The maximum atomic E-state index is 12.4. The summed E-state index contributed by atoms with van der Waals surface area (Å²) in [6.45, 7) is 7.73. The van der Waals surface area contributed by atoms with E-state index in [0.29, 0.717) is 0 Å². The smallest absolute Gasteiger partial charge is 0.225 e. The Balaban J connectivity index is 2.43. The van der Waals surface area contributed by atoms with Crippen LogP contribution in [0.4, 0.5) is 0 Å². The average molecular weight is 270 g/mol. The summed E-state index contributed by atoms with van der Waals surface area (Å²) in [5.74, 6) is 0.366. The van der Waals surface area contributed by atoms with Crippen LogP contribution in [0.3, 0.4) is 0 Å². The molecule has 0 radical (unpaired) electrons. The lowest BCUT2D eigenvalue weighted by atomic mass is 9.93. The Bertz CT molecular complexity index is 294. The van der Waals surface area contributed by atoms with Crippen molar-refractivity contribution in [3.8, 4) is 0 Å². The number of rotatable bonds is 6. The summed E-state index contributed by atoms with van der Waals surface area (Å²) >= 11 is 0. The van der Waals surface area contributed by atoms with Crippen LogP contribution >= 0.6 is 0 Å². The first kappa shape index (κ1) is 16.4. The zero-order valence-corrected chi connectivity index (χ0v) is 12.9. The van der Waals surface area contributed by atoms with Crippen LogP contribution < -0.4 is 5.73 Å². The van der Waals surface area contributed by atoms with Crippen molar-refractivity contribution in [2.75, 3.05) is 20.2 Å². The maximum absolute atomic E-state index is 12.4. The quantitative estimate of drug-likeness (QED) is 0.804. The molecular formula is C15H30N2O2. The molecule has 0 aromatic carbocycles. The minimum Gasteiger partial charge on any atom is -0.377 e. The van der Waals surface area contributed by atoms with Crippen molar-refractivity contribution < 1.29 is 9.53 Å². The molecule has 3 atom stereocenters. The van der Waals surface area contributed by atoms with Gasteiger partial charge >= 0.3 is 0 Å². The molecule has 0 aromatic rings.